The summed E-state index contributed by atoms with van der Waals surface area (Å²) in [4.78, 5) is 14.6. The van der Waals surface area contributed by atoms with E-state index in [1.807, 2.05) is 0 Å². The van der Waals surface area contributed by atoms with Crippen LogP contribution in [0.25, 0.3) is 5.53 Å². The van der Waals surface area contributed by atoms with E-state index in [2.05, 4.69) is 4.79 Å². The van der Waals surface area contributed by atoms with Crippen LogP contribution in [0.3, 0.4) is 0 Å². The number of aliphatic hydroxyl groups excluding tert-OH is 1. The van der Waals surface area contributed by atoms with E-state index in [0.29, 0.717) is 0 Å². The Morgan fingerprint density at radius 2 is 2.11 bits per heavy atom. The fourth-order valence-corrected chi connectivity index (χ4v) is 1.60. The summed E-state index contributed by atoms with van der Waals surface area (Å²) in [5, 5.41) is 10.0. The van der Waals surface area contributed by atoms with Gasteiger partial charge in [0.15, 0.2) is 11.9 Å². The van der Waals surface area contributed by atoms with Gasteiger partial charge in [0.2, 0.25) is 0 Å². The van der Waals surface area contributed by atoms with Crippen LogP contribution in [-0.2, 0) is 19.0 Å². The van der Waals surface area contributed by atoms with E-state index in [1.54, 1.807) is 34.6 Å². The third-order valence-electron chi connectivity index (χ3n) is 2.38. The Hall–Kier alpha value is -1.27. The summed E-state index contributed by atoms with van der Waals surface area (Å²) < 4.78 is 15.7. The highest BCUT2D eigenvalue weighted by molar-refractivity contribution is 6.35. The van der Waals surface area contributed by atoms with Gasteiger partial charge < -0.3 is 24.8 Å². The number of aliphatic hydroxyl groups is 1. The van der Waals surface area contributed by atoms with Gasteiger partial charge in [-0.25, -0.2) is 4.79 Å². The molecular formula is C12H20N2O5. The van der Waals surface area contributed by atoms with Crippen molar-refractivity contribution in [1.82, 2.24) is 0 Å². The van der Waals surface area contributed by atoms with Crippen LogP contribution in [0.5, 0.6) is 0 Å². The molecule has 0 amide bonds. The SMILES string of the molecule is CC(C)(C)OC(=O)C(=[N+]=[N-])[C@H](O)[C@H]1COC(C)(C)O1. The molecule has 0 aliphatic carbocycles. The average Bonchev–Trinajstić information content (AvgIpc) is 2.57. The quantitative estimate of drug-likeness (QED) is 0.349. The van der Waals surface area contributed by atoms with E-state index in [-0.39, 0.29) is 6.61 Å². The van der Waals surface area contributed by atoms with E-state index in [1.165, 1.54) is 0 Å². The van der Waals surface area contributed by atoms with E-state index in [9.17, 15) is 9.90 Å². The standard InChI is InChI=1S/C12H20N2O5/c1-11(2,3)19-10(16)8(14-13)9(15)7-6-17-12(4,5)18-7/h7,9,15H,6H2,1-5H3/t7-,9-/m1/s1. The molecule has 108 valence electrons. The van der Waals surface area contributed by atoms with Crippen molar-refractivity contribution >= 4 is 11.7 Å². The first-order valence-electron chi connectivity index (χ1n) is 6.01. The number of rotatable bonds is 3. The molecule has 1 saturated heterocycles. The van der Waals surface area contributed by atoms with Crippen LogP contribution in [0, 0.1) is 0 Å². The molecule has 7 nitrogen and oxygen atoms in total. The Labute approximate surface area is 112 Å². The molecule has 1 rings (SSSR count). The van der Waals surface area contributed by atoms with Crippen molar-refractivity contribution in [3.8, 4) is 0 Å². The third kappa shape index (κ3) is 4.40. The van der Waals surface area contributed by atoms with Gasteiger partial charge in [-0.1, -0.05) is 0 Å². The molecule has 0 aromatic heterocycles. The summed E-state index contributed by atoms with van der Waals surface area (Å²) in [5.41, 5.74) is 7.64. The van der Waals surface area contributed by atoms with E-state index < -0.39 is 35.3 Å². The van der Waals surface area contributed by atoms with Crippen molar-refractivity contribution in [1.29, 1.82) is 0 Å². The first-order valence-corrected chi connectivity index (χ1v) is 6.01. The van der Waals surface area contributed by atoms with Crippen molar-refractivity contribution in [3.63, 3.8) is 0 Å². The van der Waals surface area contributed by atoms with Crippen LogP contribution in [0.15, 0.2) is 0 Å². The molecule has 0 unspecified atom stereocenters. The lowest BCUT2D eigenvalue weighted by molar-refractivity contribution is -0.159. The maximum atomic E-state index is 11.8. The van der Waals surface area contributed by atoms with Gasteiger partial charge in [0, 0.05) is 0 Å². The molecule has 0 spiro atoms. The summed E-state index contributed by atoms with van der Waals surface area (Å²) in [6.07, 6.45) is -2.20. The van der Waals surface area contributed by atoms with Gasteiger partial charge in [-0.3, -0.25) is 0 Å². The normalized spacial score (nSPS) is 23.6. The first kappa shape index (κ1) is 15.8. The molecule has 1 aliphatic heterocycles. The predicted molar refractivity (Wildman–Crippen MR) is 65.4 cm³/mol. The number of esters is 1. The molecule has 0 aromatic carbocycles. The van der Waals surface area contributed by atoms with Crippen LogP contribution in [0.4, 0.5) is 0 Å². The summed E-state index contributed by atoms with van der Waals surface area (Å²) in [7, 11) is 0. The molecule has 1 N–H and O–H groups in total. The molecule has 1 fully saturated rings. The monoisotopic (exact) mass is 272 g/mol. The van der Waals surface area contributed by atoms with Gasteiger partial charge in [0.1, 0.15) is 11.7 Å². The summed E-state index contributed by atoms with van der Waals surface area (Å²) in [5.74, 6) is -1.74. The fourth-order valence-electron chi connectivity index (χ4n) is 1.60. The number of carbonyl (C=O) groups excluding carboxylic acids is 1. The summed E-state index contributed by atoms with van der Waals surface area (Å²) >= 11 is 0. The average molecular weight is 272 g/mol. The highest BCUT2D eigenvalue weighted by Gasteiger charge is 2.45. The Morgan fingerprint density at radius 3 is 2.47 bits per heavy atom. The Morgan fingerprint density at radius 1 is 1.53 bits per heavy atom. The minimum atomic E-state index is -1.42. The number of carbonyl (C=O) groups is 1. The minimum Gasteiger partial charge on any atom is -0.451 e. The molecule has 7 heteroatoms. The van der Waals surface area contributed by atoms with Gasteiger partial charge in [0.05, 0.1) is 6.61 Å². The highest BCUT2D eigenvalue weighted by atomic mass is 16.7. The molecule has 1 aliphatic rings. The van der Waals surface area contributed by atoms with E-state index in [4.69, 9.17) is 19.7 Å². The third-order valence-corrected chi connectivity index (χ3v) is 2.38. The second-order valence-corrected chi connectivity index (χ2v) is 5.80. The lowest BCUT2D eigenvalue weighted by Gasteiger charge is -2.20. The zero-order valence-corrected chi connectivity index (χ0v) is 11.8. The fraction of sp³-hybridized carbons (Fsp3) is 0.833. The van der Waals surface area contributed by atoms with Gasteiger partial charge in [-0.05, 0) is 34.6 Å². The van der Waals surface area contributed by atoms with E-state index >= 15 is 0 Å². The summed E-state index contributed by atoms with van der Waals surface area (Å²) in [6.45, 7) is 8.47. The van der Waals surface area contributed by atoms with E-state index in [0.717, 1.165) is 0 Å². The van der Waals surface area contributed by atoms with Crippen LogP contribution >= 0.6 is 0 Å². The molecular weight excluding hydrogens is 252 g/mol. The molecule has 0 saturated carbocycles. The van der Waals surface area contributed by atoms with Crippen molar-refractivity contribution < 1.29 is 28.9 Å². The van der Waals surface area contributed by atoms with Crippen LogP contribution < -0.4 is 0 Å². The lowest BCUT2D eigenvalue weighted by Crippen LogP contribution is -2.43. The van der Waals surface area contributed by atoms with Crippen LogP contribution in [0.1, 0.15) is 34.6 Å². The van der Waals surface area contributed by atoms with Crippen molar-refractivity contribution in [2.75, 3.05) is 6.61 Å². The molecule has 2 atom stereocenters. The topological polar surface area (TPSA) is 101 Å². The smallest absolute Gasteiger partial charge is 0.420 e. The first-order chi connectivity index (χ1) is 8.56. The van der Waals surface area contributed by atoms with Crippen LogP contribution in [-0.4, -0.2) is 51.8 Å². The van der Waals surface area contributed by atoms with Crippen molar-refractivity contribution in [2.24, 2.45) is 0 Å². The molecule has 1 heterocycles. The maximum absolute atomic E-state index is 11.8. The van der Waals surface area contributed by atoms with Crippen molar-refractivity contribution in [2.45, 2.75) is 58.2 Å². The zero-order valence-electron chi connectivity index (χ0n) is 11.8. The molecule has 19 heavy (non-hydrogen) atoms. The Kier molecular flexibility index (Phi) is 4.47. The second-order valence-electron chi connectivity index (χ2n) is 5.80. The maximum Gasteiger partial charge on any atom is 0.420 e. The van der Waals surface area contributed by atoms with Gasteiger partial charge in [-0.2, -0.15) is 4.79 Å². The number of hydrogen-bond acceptors (Lipinski definition) is 5. The summed E-state index contributed by atoms with van der Waals surface area (Å²) in [6, 6.07) is 0. The highest BCUT2D eigenvalue weighted by Crippen LogP contribution is 2.24. The van der Waals surface area contributed by atoms with Crippen molar-refractivity contribution in [3.05, 3.63) is 5.53 Å². The molecule has 0 radical (unpaired) electrons. The molecule has 0 bridgehead atoms. The predicted octanol–water partition coefficient (Wildman–Crippen LogP) is 0.511. The largest absolute Gasteiger partial charge is 0.451 e. The van der Waals surface area contributed by atoms with Crippen LogP contribution in [0.2, 0.25) is 0 Å². The number of hydrogen-bond donors (Lipinski definition) is 1. The van der Waals surface area contributed by atoms with Gasteiger partial charge in [-0.15, -0.1) is 0 Å². The minimum absolute atomic E-state index is 0.0932. The second kappa shape index (κ2) is 5.38. The lowest BCUT2D eigenvalue weighted by atomic mass is 10.1. The number of ether oxygens (including phenoxy) is 3. The van der Waals surface area contributed by atoms with Gasteiger partial charge in [0.25, 0.3) is 0 Å². The molecule has 0 aromatic rings. The van der Waals surface area contributed by atoms with Gasteiger partial charge >= 0.3 is 11.7 Å². The zero-order chi connectivity index (χ0) is 14.8. The Bertz CT molecular complexity index is 407. The Balaban J connectivity index is 2.77. The number of nitrogens with zero attached hydrogens (tertiary/aromatic N) is 2.